The molecule has 0 saturated carbocycles. The molecule has 0 aromatic rings. The Bertz CT molecular complexity index is 244. The molecule has 7 heteroatoms. The van der Waals surface area contributed by atoms with Crippen LogP contribution in [-0.2, 0) is 13.6 Å². The normalized spacial score (nSPS) is 11.9. The summed E-state index contributed by atoms with van der Waals surface area (Å²) in [6.07, 6.45) is -0.423. The molecule has 6 nitrogen and oxygen atoms in total. The number of hydrogen-bond acceptors (Lipinski definition) is 5. The summed E-state index contributed by atoms with van der Waals surface area (Å²) >= 11 is 0. The van der Waals surface area contributed by atoms with Crippen molar-refractivity contribution in [3.05, 3.63) is 0 Å². The smallest absolute Gasteiger partial charge is 0.334 e. The molecule has 0 aliphatic rings. The Balaban J connectivity index is 3.78. The third-order valence-electron chi connectivity index (χ3n) is 2.66. The molecule has 0 spiro atoms. The molecule has 0 aliphatic carbocycles. The van der Waals surface area contributed by atoms with Crippen molar-refractivity contribution in [2.45, 2.75) is 52.0 Å². The monoisotopic (exact) mass is 293 g/mol. The molecule has 0 radical (unpaired) electrons. The molecule has 0 heterocycles. The van der Waals surface area contributed by atoms with Crippen LogP contribution in [0, 0.1) is 0 Å². The highest BCUT2D eigenvalue weighted by molar-refractivity contribution is 6.66. The Morgan fingerprint density at radius 1 is 1.26 bits per heavy atom. The summed E-state index contributed by atoms with van der Waals surface area (Å²) in [6, 6.07) is 0.831. The van der Waals surface area contributed by atoms with Crippen LogP contribution in [0.15, 0.2) is 0 Å². The second-order valence-electron chi connectivity index (χ2n) is 4.47. The first-order chi connectivity index (χ1) is 8.93. The molecule has 0 unspecified atom stereocenters. The van der Waals surface area contributed by atoms with Gasteiger partial charge < -0.3 is 24.4 Å². The molecule has 0 atom stereocenters. The Kier molecular flexibility index (Phi) is 10.1. The first-order valence-corrected chi connectivity index (χ1v) is 9.36. The van der Waals surface area contributed by atoms with Gasteiger partial charge in [0.05, 0.1) is 0 Å². The van der Waals surface area contributed by atoms with E-state index in [0.717, 1.165) is 12.5 Å². The van der Waals surface area contributed by atoms with E-state index in [9.17, 15) is 4.79 Å². The molecular formula is C12H27NO5Si. The summed E-state index contributed by atoms with van der Waals surface area (Å²) in [5.74, 6) is -0.163. The number of carbonyl (C=O) groups excluding carboxylic acids is 1. The van der Waals surface area contributed by atoms with Crippen LogP contribution in [0.4, 0.5) is 0 Å². The number of aliphatic hydroxyl groups is 2. The van der Waals surface area contributed by atoms with E-state index >= 15 is 0 Å². The molecule has 19 heavy (non-hydrogen) atoms. The molecule has 114 valence electrons. The van der Waals surface area contributed by atoms with E-state index in [1.165, 1.54) is 0 Å². The molecule has 1 amide bonds. The Hall–Kier alpha value is -0.473. The quantitative estimate of drug-likeness (QED) is 0.297. The Labute approximate surface area is 116 Å². The van der Waals surface area contributed by atoms with Gasteiger partial charge in [-0.25, -0.2) is 0 Å². The molecule has 0 fully saturated rings. The minimum Gasteiger partial charge on any atom is -0.395 e. The van der Waals surface area contributed by atoms with Crippen LogP contribution in [0.1, 0.15) is 33.1 Å². The van der Waals surface area contributed by atoms with Gasteiger partial charge in [-0.1, -0.05) is 0 Å². The van der Waals surface area contributed by atoms with Crippen LogP contribution >= 0.6 is 0 Å². The maximum Gasteiger partial charge on any atom is 0.334 e. The van der Waals surface area contributed by atoms with Gasteiger partial charge in [0.25, 0.3) is 0 Å². The molecule has 0 aromatic carbocycles. The zero-order chi connectivity index (χ0) is 14.7. The van der Waals surface area contributed by atoms with Crippen LogP contribution < -0.4 is 5.32 Å². The predicted octanol–water partition coefficient (Wildman–Crippen LogP) is 0.729. The number of amides is 1. The first kappa shape index (κ1) is 18.5. The van der Waals surface area contributed by atoms with Gasteiger partial charge in [-0.2, -0.15) is 0 Å². The molecule has 3 N–H and O–H groups in total. The number of carbonyl (C=O) groups is 1. The van der Waals surface area contributed by atoms with E-state index in [-0.39, 0.29) is 18.7 Å². The lowest BCUT2D eigenvalue weighted by molar-refractivity contribution is -0.123. The molecule has 0 bridgehead atoms. The number of hydrogen-bond donors (Lipinski definition) is 3. The Morgan fingerprint density at radius 3 is 2.32 bits per heavy atom. The Morgan fingerprint density at radius 2 is 1.84 bits per heavy atom. The highest BCUT2D eigenvalue weighted by Gasteiger charge is 2.29. The van der Waals surface area contributed by atoms with Gasteiger partial charge in [0.15, 0.2) is 6.29 Å². The van der Waals surface area contributed by atoms with Crippen molar-refractivity contribution in [1.82, 2.24) is 5.32 Å². The third-order valence-corrected chi connectivity index (χ3v) is 5.72. The predicted molar refractivity (Wildman–Crippen MR) is 74.8 cm³/mol. The van der Waals surface area contributed by atoms with Crippen molar-refractivity contribution < 1.29 is 23.9 Å². The zero-order valence-corrected chi connectivity index (χ0v) is 13.1. The fraction of sp³-hybridized carbons (Fsp3) is 0.917. The van der Waals surface area contributed by atoms with Gasteiger partial charge >= 0.3 is 8.56 Å². The molecular weight excluding hydrogens is 266 g/mol. The minimum absolute atomic E-state index is 0.0657. The van der Waals surface area contributed by atoms with E-state index < -0.39 is 14.9 Å². The topological polar surface area (TPSA) is 88.0 Å². The average molecular weight is 293 g/mol. The first-order valence-electron chi connectivity index (χ1n) is 6.84. The van der Waals surface area contributed by atoms with Crippen molar-refractivity contribution in [2.75, 3.05) is 19.8 Å². The maximum absolute atomic E-state index is 11.3. The van der Waals surface area contributed by atoms with Crippen LogP contribution in [0.5, 0.6) is 0 Å². The van der Waals surface area contributed by atoms with Crippen molar-refractivity contribution in [3.63, 3.8) is 0 Å². The van der Waals surface area contributed by atoms with Crippen molar-refractivity contribution >= 4 is 14.5 Å². The van der Waals surface area contributed by atoms with E-state index in [1.807, 2.05) is 20.4 Å². The van der Waals surface area contributed by atoms with E-state index in [4.69, 9.17) is 19.1 Å². The van der Waals surface area contributed by atoms with Crippen molar-refractivity contribution in [2.24, 2.45) is 0 Å². The molecule has 0 aliphatic heterocycles. The van der Waals surface area contributed by atoms with Crippen LogP contribution in [0.25, 0.3) is 0 Å². The lowest BCUT2D eigenvalue weighted by Crippen LogP contribution is -2.39. The summed E-state index contributed by atoms with van der Waals surface area (Å²) in [5, 5.41) is 20.0. The van der Waals surface area contributed by atoms with Crippen LogP contribution in [-0.4, -0.2) is 50.7 Å². The van der Waals surface area contributed by atoms with Gasteiger partial charge in [-0.15, -0.1) is 0 Å². The van der Waals surface area contributed by atoms with Crippen molar-refractivity contribution in [3.8, 4) is 0 Å². The lowest BCUT2D eigenvalue weighted by Gasteiger charge is -2.25. The number of nitrogens with one attached hydrogen (secondary N) is 1. The fourth-order valence-electron chi connectivity index (χ4n) is 1.78. The fourth-order valence-corrected chi connectivity index (χ4v) is 4.19. The van der Waals surface area contributed by atoms with Gasteiger partial charge in [0.2, 0.25) is 5.91 Å². The summed E-state index contributed by atoms with van der Waals surface area (Å²) in [6.45, 7) is 7.78. The largest absolute Gasteiger partial charge is 0.395 e. The lowest BCUT2D eigenvalue weighted by atomic mass is 10.3. The highest BCUT2D eigenvalue weighted by Crippen LogP contribution is 2.15. The maximum atomic E-state index is 11.3. The number of rotatable bonds is 11. The van der Waals surface area contributed by atoms with Crippen LogP contribution in [0.3, 0.4) is 0 Å². The van der Waals surface area contributed by atoms with Gasteiger partial charge in [0, 0.05) is 32.6 Å². The van der Waals surface area contributed by atoms with E-state index in [1.54, 1.807) is 0 Å². The highest BCUT2D eigenvalue weighted by atomic mass is 28.4. The van der Waals surface area contributed by atoms with Gasteiger partial charge in [-0.3, -0.25) is 4.79 Å². The van der Waals surface area contributed by atoms with Gasteiger partial charge in [0.1, 0.15) is 0 Å². The molecule has 0 saturated heterocycles. The molecule has 0 rings (SSSR count). The summed E-state index contributed by atoms with van der Waals surface area (Å²) < 4.78 is 11.4. The standard InChI is InChI=1S/C12H27NO5Si/c1-4-17-19(3,18-5-2)10-6-9-13-11(14)7-8-12(15)16/h12,15-16H,4-10H2,1-3H3,(H,13,14). The minimum atomic E-state index is -2.09. The van der Waals surface area contributed by atoms with E-state index in [2.05, 4.69) is 5.32 Å². The summed E-state index contributed by atoms with van der Waals surface area (Å²) in [5.41, 5.74) is 0. The second kappa shape index (κ2) is 10.3. The summed E-state index contributed by atoms with van der Waals surface area (Å²) in [4.78, 5) is 11.3. The number of aliphatic hydroxyl groups excluding tert-OH is 1. The summed E-state index contributed by atoms with van der Waals surface area (Å²) in [7, 11) is -2.09. The third kappa shape index (κ3) is 10.0. The molecule has 0 aromatic heterocycles. The second-order valence-corrected chi connectivity index (χ2v) is 7.82. The van der Waals surface area contributed by atoms with Crippen molar-refractivity contribution in [1.29, 1.82) is 0 Å². The van der Waals surface area contributed by atoms with E-state index in [0.29, 0.717) is 19.8 Å². The van der Waals surface area contributed by atoms with Crippen LogP contribution in [0.2, 0.25) is 12.6 Å². The van der Waals surface area contributed by atoms with Gasteiger partial charge in [-0.05, 0) is 32.9 Å². The average Bonchev–Trinajstić information content (AvgIpc) is 2.33. The SMILES string of the molecule is CCO[Si](C)(CCCNC(=O)CCC(O)O)OCC. The zero-order valence-electron chi connectivity index (χ0n) is 12.1.